The summed E-state index contributed by atoms with van der Waals surface area (Å²) in [6.45, 7) is 0. The fourth-order valence-electron chi connectivity index (χ4n) is 2.48. The van der Waals surface area contributed by atoms with Gasteiger partial charge in [0.05, 0.1) is 6.04 Å². The molecule has 1 heterocycles. The molecular weight excluding hydrogens is 313 g/mol. The summed E-state index contributed by atoms with van der Waals surface area (Å²) in [5, 5.41) is 0. The Morgan fingerprint density at radius 3 is 2.20 bits per heavy atom. The van der Waals surface area contributed by atoms with E-state index in [9.17, 15) is 0 Å². The number of hydrogen-bond acceptors (Lipinski definition) is 1. The highest BCUT2D eigenvalue weighted by Crippen LogP contribution is 2.46. The number of anilines is 1. The fourth-order valence-corrected chi connectivity index (χ4v) is 3.07. The number of benzene rings is 2. The van der Waals surface area contributed by atoms with Gasteiger partial charge in [0.15, 0.2) is 0 Å². The molecule has 1 atom stereocenters. The Bertz CT molecular complexity index is 632. The van der Waals surface area contributed by atoms with E-state index in [1.165, 1.54) is 0 Å². The summed E-state index contributed by atoms with van der Waals surface area (Å²) in [7, 11) is 0. The van der Waals surface area contributed by atoms with Crippen LogP contribution in [0.2, 0.25) is 0 Å². The standard InChI is InChI=1S/C16H12Cl3N/c17-16(18,19)20-14-9-5-4-8-13(14)10-11-15(20)12-6-2-1-3-7-12/h1-11,15H. The third kappa shape index (κ3) is 2.54. The molecule has 0 aliphatic carbocycles. The summed E-state index contributed by atoms with van der Waals surface area (Å²) in [6.07, 6.45) is 4.12. The van der Waals surface area contributed by atoms with E-state index in [1.54, 1.807) is 0 Å². The van der Waals surface area contributed by atoms with Crippen molar-refractivity contribution < 1.29 is 0 Å². The van der Waals surface area contributed by atoms with Crippen molar-refractivity contribution in [3.05, 3.63) is 71.8 Å². The normalized spacial score (nSPS) is 17.9. The first-order valence-corrected chi connectivity index (χ1v) is 7.39. The van der Waals surface area contributed by atoms with E-state index in [0.29, 0.717) is 0 Å². The summed E-state index contributed by atoms with van der Waals surface area (Å²) >= 11 is 18.6. The minimum Gasteiger partial charge on any atom is -0.316 e. The smallest absolute Gasteiger partial charge is 0.269 e. The molecular formula is C16H12Cl3N. The van der Waals surface area contributed by atoms with Crippen LogP contribution in [-0.2, 0) is 0 Å². The predicted octanol–water partition coefficient (Wildman–Crippen LogP) is 5.59. The Labute approximate surface area is 133 Å². The van der Waals surface area contributed by atoms with Crippen molar-refractivity contribution in [2.45, 2.75) is 9.96 Å². The number of rotatable bonds is 1. The van der Waals surface area contributed by atoms with E-state index < -0.39 is 3.92 Å². The topological polar surface area (TPSA) is 3.24 Å². The van der Waals surface area contributed by atoms with Gasteiger partial charge in [-0.05, 0) is 17.2 Å². The molecule has 1 aliphatic rings. The molecule has 0 radical (unpaired) electrons. The van der Waals surface area contributed by atoms with Crippen molar-refractivity contribution >= 4 is 46.6 Å². The van der Waals surface area contributed by atoms with Gasteiger partial charge in [-0.1, -0.05) is 95.5 Å². The second-order valence-corrected chi connectivity index (χ2v) is 6.83. The molecule has 0 aromatic heterocycles. The SMILES string of the molecule is ClC(Cl)(Cl)N1c2ccccc2C=CC1c1ccccc1. The molecule has 20 heavy (non-hydrogen) atoms. The fraction of sp³-hybridized carbons (Fsp3) is 0.125. The maximum atomic E-state index is 6.21. The number of alkyl halides is 3. The molecule has 2 aromatic carbocycles. The van der Waals surface area contributed by atoms with E-state index in [4.69, 9.17) is 34.8 Å². The molecule has 1 aliphatic heterocycles. The highest BCUT2D eigenvalue weighted by molar-refractivity contribution is 6.68. The predicted molar refractivity (Wildman–Crippen MR) is 87.4 cm³/mol. The monoisotopic (exact) mass is 323 g/mol. The lowest BCUT2D eigenvalue weighted by atomic mass is 9.98. The van der Waals surface area contributed by atoms with Crippen LogP contribution in [0.15, 0.2) is 60.7 Å². The number of hydrogen-bond donors (Lipinski definition) is 0. The summed E-state index contributed by atoms with van der Waals surface area (Å²) in [5.74, 6) is 0. The number of halogens is 3. The quantitative estimate of drug-likeness (QED) is 0.488. The maximum absolute atomic E-state index is 6.21. The second kappa shape index (κ2) is 5.33. The summed E-state index contributed by atoms with van der Waals surface area (Å²) < 4.78 is -1.51. The maximum Gasteiger partial charge on any atom is 0.269 e. The van der Waals surface area contributed by atoms with E-state index in [-0.39, 0.29) is 6.04 Å². The first-order valence-electron chi connectivity index (χ1n) is 6.25. The van der Waals surface area contributed by atoms with Crippen LogP contribution in [0.25, 0.3) is 6.08 Å². The minimum atomic E-state index is -1.51. The molecule has 0 bridgehead atoms. The summed E-state index contributed by atoms with van der Waals surface area (Å²) in [4.78, 5) is 1.81. The van der Waals surface area contributed by atoms with Crippen molar-refractivity contribution in [3.8, 4) is 0 Å². The molecule has 0 N–H and O–H groups in total. The molecule has 0 amide bonds. The molecule has 1 nitrogen and oxygen atoms in total. The Kier molecular flexibility index (Phi) is 3.68. The van der Waals surface area contributed by atoms with Crippen LogP contribution < -0.4 is 4.90 Å². The molecule has 0 spiro atoms. The van der Waals surface area contributed by atoms with Gasteiger partial charge >= 0.3 is 0 Å². The van der Waals surface area contributed by atoms with Gasteiger partial charge in [0, 0.05) is 5.69 Å². The molecule has 2 aromatic rings. The van der Waals surface area contributed by atoms with E-state index in [2.05, 4.69) is 12.2 Å². The lowest BCUT2D eigenvalue weighted by Crippen LogP contribution is -2.39. The van der Waals surface area contributed by atoms with Crippen LogP contribution in [0.1, 0.15) is 17.2 Å². The Hall–Kier alpha value is -1.15. The van der Waals surface area contributed by atoms with Crippen molar-refractivity contribution in [2.75, 3.05) is 4.90 Å². The highest BCUT2D eigenvalue weighted by Gasteiger charge is 2.37. The van der Waals surface area contributed by atoms with Crippen molar-refractivity contribution in [2.24, 2.45) is 0 Å². The van der Waals surface area contributed by atoms with Crippen LogP contribution in [0.4, 0.5) is 5.69 Å². The summed E-state index contributed by atoms with van der Waals surface area (Å²) in [6, 6.07) is 17.8. The minimum absolute atomic E-state index is 0.0985. The van der Waals surface area contributed by atoms with E-state index in [1.807, 2.05) is 59.5 Å². The van der Waals surface area contributed by atoms with Crippen molar-refractivity contribution in [1.82, 2.24) is 0 Å². The average Bonchev–Trinajstić information content (AvgIpc) is 2.46. The molecule has 102 valence electrons. The van der Waals surface area contributed by atoms with Crippen LogP contribution in [0.3, 0.4) is 0 Å². The van der Waals surface area contributed by atoms with Crippen LogP contribution >= 0.6 is 34.8 Å². The van der Waals surface area contributed by atoms with Gasteiger partial charge in [0.25, 0.3) is 3.92 Å². The van der Waals surface area contributed by atoms with Gasteiger partial charge in [0.1, 0.15) is 0 Å². The third-order valence-electron chi connectivity index (χ3n) is 3.35. The zero-order valence-corrected chi connectivity index (χ0v) is 12.8. The van der Waals surface area contributed by atoms with E-state index >= 15 is 0 Å². The largest absolute Gasteiger partial charge is 0.316 e. The van der Waals surface area contributed by atoms with Gasteiger partial charge < -0.3 is 4.90 Å². The van der Waals surface area contributed by atoms with Crippen LogP contribution in [0, 0.1) is 0 Å². The lowest BCUT2D eigenvalue weighted by molar-refractivity contribution is 0.735. The second-order valence-electron chi connectivity index (χ2n) is 4.61. The Morgan fingerprint density at radius 1 is 0.850 bits per heavy atom. The van der Waals surface area contributed by atoms with Gasteiger partial charge in [-0.15, -0.1) is 0 Å². The number of nitrogens with zero attached hydrogens (tertiary/aromatic N) is 1. The zero-order chi connectivity index (χ0) is 14.2. The van der Waals surface area contributed by atoms with Crippen molar-refractivity contribution in [1.29, 1.82) is 0 Å². The average molecular weight is 325 g/mol. The first kappa shape index (κ1) is 13.8. The van der Waals surface area contributed by atoms with Gasteiger partial charge in [-0.3, -0.25) is 0 Å². The zero-order valence-electron chi connectivity index (χ0n) is 10.5. The van der Waals surface area contributed by atoms with Crippen LogP contribution in [0.5, 0.6) is 0 Å². The lowest BCUT2D eigenvalue weighted by Gasteiger charge is -2.40. The molecule has 3 rings (SSSR count). The molecule has 0 saturated carbocycles. The van der Waals surface area contributed by atoms with Gasteiger partial charge in [-0.2, -0.15) is 0 Å². The molecule has 4 heteroatoms. The molecule has 0 saturated heterocycles. The summed E-state index contributed by atoms with van der Waals surface area (Å²) in [5.41, 5.74) is 3.06. The molecule has 0 fully saturated rings. The van der Waals surface area contributed by atoms with Gasteiger partial charge in [-0.25, -0.2) is 0 Å². The molecule has 1 unspecified atom stereocenters. The highest BCUT2D eigenvalue weighted by atomic mass is 35.6. The Morgan fingerprint density at radius 2 is 1.50 bits per heavy atom. The van der Waals surface area contributed by atoms with Crippen molar-refractivity contribution in [3.63, 3.8) is 0 Å². The number of fused-ring (bicyclic) bond motifs is 1. The van der Waals surface area contributed by atoms with Gasteiger partial charge in [0.2, 0.25) is 0 Å². The van der Waals surface area contributed by atoms with Crippen LogP contribution in [-0.4, -0.2) is 3.92 Å². The first-order chi connectivity index (χ1) is 9.57. The van der Waals surface area contributed by atoms with E-state index in [0.717, 1.165) is 16.8 Å². The Balaban J connectivity index is 2.13. The third-order valence-corrected chi connectivity index (χ3v) is 3.89. The number of para-hydroxylation sites is 1.